The summed E-state index contributed by atoms with van der Waals surface area (Å²) in [6, 6.07) is 2.08. The second kappa shape index (κ2) is 7.00. The number of alkyl halides is 5. The smallest absolute Gasteiger partial charge is 0.336 e. The minimum atomic E-state index is -4.57. The van der Waals surface area contributed by atoms with Gasteiger partial charge in [0.1, 0.15) is 0 Å². The van der Waals surface area contributed by atoms with Gasteiger partial charge in [-0.1, -0.05) is 0 Å². The molecule has 9 heteroatoms. The molecule has 1 aromatic heterocycles. The molecular formula is C15H18F5N3O. The van der Waals surface area contributed by atoms with Crippen molar-refractivity contribution < 1.29 is 26.7 Å². The van der Waals surface area contributed by atoms with Crippen molar-refractivity contribution >= 4 is 5.91 Å². The van der Waals surface area contributed by atoms with Crippen LogP contribution >= 0.6 is 0 Å². The number of halogens is 5. The number of amides is 1. The van der Waals surface area contributed by atoms with Crippen molar-refractivity contribution in [1.82, 2.24) is 14.8 Å². The molecule has 2 heterocycles. The van der Waals surface area contributed by atoms with Crippen LogP contribution in [0.5, 0.6) is 0 Å². The number of pyridine rings is 1. The maximum absolute atomic E-state index is 13.2. The highest BCUT2D eigenvalue weighted by molar-refractivity contribution is 5.73. The average Bonchev–Trinajstić information content (AvgIpc) is 2.82. The molecule has 0 radical (unpaired) electrons. The number of nitrogens with zero attached hydrogens (tertiary/aromatic N) is 3. The topological polar surface area (TPSA) is 36.4 Å². The van der Waals surface area contributed by atoms with Crippen molar-refractivity contribution in [2.75, 3.05) is 26.2 Å². The maximum atomic E-state index is 13.2. The van der Waals surface area contributed by atoms with Gasteiger partial charge in [-0.2, -0.15) is 13.2 Å². The molecule has 0 N–H and O–H groups in total. The Labute approximate surface area is 136 Å². The first-order valence-corrected chi connectivity index (χ1v) is 7.45. The Balaban J connectivity index is 2.04. The molecule has 0 aliphatic carbocycles. The number of rotatable bonds is 5. The van der Waals surface area contributed by atoms with E-state index in [0.717, 1.165) is 6.07 Å². The first-order chi connectivity index (χ1) is 11.1. The molecule has 1 fully saturated rings. The SMILES string of the molecule is CC(=O)N(CCN1CCC(F)(F)C1)Cc1ncccc1C(F)(F)F. The van der Waals surface area contributed by atoms with Crippen LogP contribution in [0.4, 0.5) is 22.0 Å². The lowest BCUT2D eigenvalue weighted by atomic mass is 10.1. The van der Waals surface area contributed by atoms with Gasteiger partial charge >= 0.3 is 6.18 Å². The molecular weight excluding hydrogens is 333 g/mol. The van der Waals surface area contributed by atoms with Crippen molar-refractivity contribution in [3.05, 3.63) is 29.6 Å². The Hall–Kier alpha value is -1.77. The molecule has 1 aromatic rings. The second-order valence-corrected chi connectivity index (χ2v) is 5.82. The van der Waals surface area contributed by atoms with Crippen molar-refractivity contribution in [3.63, 3.8) is 0 Å². The van der Waals surface area contributed by atoms with Crippen LogP contribution in [0.25, 0.3) is 0 Å². The summed E-state index contributed by atoms with van der Waals surface area (Å²) < 4.78 is 65.2. The van der Waals surface area contributed by atoms with E-state index >= 15 is 0 Å². The normalized spacial score (nSPS) is 17.9. The zero-order valence-corrected chi connectivity index (χ0v) is 13.1. The molecule has 0 spiro atoms. The van der Waals surface area contributed by atoms with Gasteiger partial charge in [-0.3, -0.25) is 14.7 Å². The van der Waals surface area contributed by atoms with Crippen molar-refractivity contribution in [2.24, 2.45) is 0 Å². The van der Waals surface area contributed by atoms with Crippen LogP contribution in [0.2, 0.25) is 0 Å². The number of hydrogen-bond acceptors (Lipinski definition) is 3. The Morgan fingerprint density at radius 1 is 1.42 bits per heavy atom. The summed E-state index contributed by atoms with van der Waals surface area (Å²) in [5.74, 6) is -3.18. The lowest BCUT2D eigenvalue weighted by Crippen LogP contribution is -2.38. The van der Waals surface area contributed by atoms with E-state index in [9.17, 15) is 26.7 Å². The monoisotopic (exact) mass is 351 g/mol. The Morgan fingerprint density at radius 3 is 2.67 bits per heavy atom. The van der Waals surface area contributed by atoms with E-state index in [4.69, 9.17) is 0 Å². The Kier molecular flexibility index (Phi) is 5.42. The van der Waals surface area contributed by atoms with Gasteiger partial charge in [0.25, 0.3) is 5.92 Å². The molecule has 0 bridgehead atoms. The summed E-state index contributed by atoms with van der Waals surface area (Å²) in [6.07, 6.45) is -3.58. The summed E-state index contributed by atoms with van der Waals surface area (Å²) in [7, 11) is 0. The first kappa shape index (κ1) is 18.6. The summed E-state index contributed by atoms with van der Waals surface area (Å²) >= 11 is 0. The van der Waals surface area contributed by atoms with Crippen LogP contribution in [0.3, 0.4) is 0 Å². The third-order valence-corrected chi connectivity index (χ3v) is 3.92. The van der Waals surface area contributed by atoms with Gasteiger partial charge in [0.15, 0.2) is 0 Å². The molecule has 0 aromatic carbocycles. The fourth-order valence-electron chi connectivity index (χ4n) is 2.61. The maximum Gasteiger partial charge on any atom is 0.418 e. The van der Waals surface area contributed by atoms with E-state index in [0.29, 0.717) is 0 Å². The largest absolute Gasteiger partial charge is 0.418 e. The van der Waals surface area contributed by atoms with Crippen LogP contribution in [0, 0.1) is 0 Å². The minimum Gasteiger partial charge on any atom is -0.336 e. The first-order valence-electron chi connectivity index (χ1n) is 7.45. The summed E-state index contributed by atoms with van der Waals surface area (Å²) in [5, 5.41) is 0. The van der Waals surface area contributed by atoms with Crippen LogP contribution in [0.15, 0.2) is 18.3 Å². The van der Waals surface area contributed by atoms with Gasteiger partial charge in [-0.25, -0.2) is 8.78 Å². The summed E-state index contributed by atoms with van der Waals surface area (Å²) in [5.41, 5.74) is -1.16. The van der Waals surface area contributed by atoms with Crippen LogP contribution in [-0.2, 0) is 17.5 Å². The van der Waals surface area contributed by atoms with Crippen LogP contribution in [0.1, 0.15) is 24.6 Å². The zero-order valence-electron chi connectivity index (χ0n) is 13.1. The minimum absolute atomic E-state index is 0.0687. The van der Waals surface area contributed by atoms with Crippen molar-refractivity contribution in [2.45, 2.75) is 32.0 Å². The Morgan fingerprint density at radius 2 is 2.12 bits per heavy atom. The summed E-state index contributed by atoms with van der Waals surface area (Å²) in [4.78, 5) is 18.1. The lowest BCUT2D eigenvalue weighted by molar-refractivity contribution is -0.140. The van der Waals surface area contributed by atoms with E-state index in [1.165, 1.54) is 29.0 Å². The molecule has 0 saturated carbocycles. The zero-order chi connectivity index (χ0) is 18.0. The molecule has 1 aliphatic rings. The molecule has 24 heavy (non-hydrogen) atoms. The highest BCUT2D eigenvalue weighted by Gasteiger charge is 2.38. The van der Waals surface area contributed by atoms with Gasteiger partial charge in [0.2, 0.25) is 5.91 Å². The third kappa shape index (κ3) is 4.86. The van der Waals surface area contributed by atoms with E-state index in [2.05, 4.69) is 4.98 Å². The lowest BCUT2D eigenvalue weighted by Gasteiger charge is -2.25. The number of carbonyl (C=O) groups is 1. The highest BCUT2D eigenvalue weighted by atomic mass is 19.4. The predicted molar refractivity (Wildman–Crippen MR) is 76.3 cm³/mol. The second-order valence-electron chi connectivity index (χ2n) is 5.82. The van der Waals surface area contributed by atoms with Gasteiger partial charge in [0.05, 0.1) is 24.3 Å². The molecule has 1 aliphatic heterocycles. The number of aromatic nitrogens is 1. The van der Waals surface area contributed by atoms with Crippen molar-refractivity contribution in [3.8, 4) is 0 Å². The molecule has 4 nitrogen and oxygen atoms in total. The van der Waals surface area contributed by atoms with Crippen LogP contribution in [-0.4, -0.2) is 52.8 Å². The number of carbonyl (C=O) groups excluding carboxylic acids is 1. The quantitative estimate of drug-likeness (QED) is 0.766. The number of hydrogen-bond donors (Lipinski definition) is 0. The molecule has 0 unspecified atom stereocenters. The highest BCUT2D eigenvalue weighted by Crippen LogP contribution is 2.31. The van der Waals surface area contributed by atoms with Gasteiger partial charge < -0.3 is 4.90 Å². The molecule has 0 atom stereocenters. The Bertz CT molecular complexity index is 591. The van der Waals surface area contributed by atoms with Crippen LogP contribution < -0.4 is 0 Å². The van der Waals surface area contributed by atoms with E-state index in [-0.39, 0.29) is 38.3 Å². The predicted octanol–water partition coefficient (Wildman–Crippen LogP) is 2.79. The fourth-order valence-corrected chi connectivity index (χ4v) is 2.61. The molecule has 1 saturated heterocycles. The molecule has 2 rings (SSSR count). The summed E-state index contributed by atoms with van der Waals surface area (Å²) in [6.45, 7) is 0.985. The van der Waals surface area contributed by atoms with E-state index < -0.39 is 30.1 Å². The molecule has 134 valence electrons. The standard InChI is InChI=1S/C15H18F5N3O/c1-11(24)23(8-7-22-6-4-14(16,17)10-22)9-13-12(15(18,19)20)3-2-5-21-13/h2-3,5H,4,6-10H2,1H3. The fraction of sp³-hybridized carbons (Fsp3) is 0.600. The van der Waals surface area contributed by atoms with Gasteiger partial charge in [0, 0.05) is 39.2 Å². The average molecular weight is 351 g/mol. The van der Waals surface area contributed by atoms with Gasteiger partial charge in [-0.15, -0.1) is 0 Å². The van der Waals surface area contributed by atoms with E-state index in [1.807, 2.05) is 0 Å². The van der Waals surface area contributed by atoms with Gasteiger partial charge in [-0.05, 0) is 12.1 Å². The molecule has 1 amide bonds. The number of likely N-dealkylation sites (tertiary alicyclic amines) is 1. The van der Waals surface area contributed by atoms with Crippen molar-refractivity contribution in [1.29, 1.82) is 0 Å². The third-order valence-electron chi connectivity index (χ3n) is 3.92. The van der Waals surface area contributed by atoms with E-state index in [1.54, 1.807) is 0 Å².